The van der Waals surface area contributed by atoms with Gasteiger partial charge in [-0.3, -0.25) is 9.48 Å². The number of aromatic nitrogens is 3. The molecule has 20 heavy (non-hydrogen) atoms. The molecular weight excluding hydrogens is 278 g/mol. The van der Waals surface area contributed by atoms with Crippen molar-refractivity contribution in [2.75, 3.05) is 18.0 Å². The molecule has 0 radical (unpaired) electrons. The third kappa shape index (κ3) is 3.15. The van der Waals surface area contributed by atoms with Crippen molar-refractivity contribution in [3.05, 3.63) is 41.2 Å². The Labute approximate surface area is 122 Å². The fourth-order valence-corrected chi connectivity index (χ4v) is 2.05. The third-order valence-corrected chi connectivity index (χ3v) is 3.03. The fourth-order valence-electron chi connectivity index (χ4n) is 1.86. The van der Waals surface area contributed by atoms with Gasteiger partial charge in [0.25, 0.3) is 5.91 Å². The van der Waals surface area contributed by atoms with E-state index in [1.165, 1.54) is 0 Å². The van der Waals surface area contributed by atoms with E-state index in [2.05, 4.69) is 10.3 Å². The smallest absolute Gasteiger partial charge is 0.280 e. The van der Waals surface area contributed by atoms with Crippen LogP contribution >= 0.6 is 11.6 Å². The molecular formula is C13H16ClN5O. The average Bonchev–Trinajstić information content (AvgIpc) is 2.89. The average molecular weight is 294 g/mol. The van der Waals surface area contributed by atoms with Crippen LogP contribution in [0.1, 0.15) is 17.4 Å². The van der Waals surface area contributed by atoms with Crippen molar-refractivity contribution in [3.63, 3.8) is 0 Å². The van der Waals surface area contributed by atoms with Crippen LogP contribution in [0.4, 0.5) is 5.69 Å². The molecule has 7 heteroatoms. The van der Waals surface area contributed by atoms with Gasteiger partial charge >= 0.3 is 0 Å². The van der Waals surface area contributed by atoms with E-state index in [0.717, 1.165) is 5.69 Å². The van der Waals surface area contributed by atoms with E-state index < -0.39 is 0 Å². The highest BCUT2D eigenvalue weighted by atomic mass is 35.5. The van der Waals surface area contributed by atoms with Crippen molar-refractivity contribution in [2.45, 2.75) is 13.5 Å². The Morgan fingerprint density at radius 2 is 2.30 bits per heavy atom. The SMILES string of the molecule is CCN(C(=O)c1cn(CCN)nn1)c1cccc(Cl)c1. The maximum Gasteiger partial charge on any atom is 0.280 e. The van der Waals surface area contributed by atoms with Crippen LogP contribution in [-0.2, 0) is 6.54 Å². The molecule has 0 bridgehead atoms. The molecule has 2 aromatic rings. The van der Waals surface area contributed by atoms with Gasteiger partial charge in [-0.15, -0.1) is 5.10 Å². The Hall–Kier alpha value is -1.92. The van der Waals surface area contributed by atoms with Gasteiger partial charge < -0.3 is 10.6 Å². The minimum Gasteiger partial charge on any atom is -0.329 e. The molecule has 0 aliphatic heterocycles. The van der Waals surface area contributed by atoms with Crippen molar-refractivity contribution in [2.24, 2.45) is 5.73 Å². The van der Waals surface area contributed by atoms with Gasteiger partial charge in [0, 0.05) is 23.8 Å². The second-order valence-electron chi connectivity index (χ2n) is 4.18. The molecule has 1 aromatic heterocycles. The molecule has 2 rings (SSSR count). The number of carbonyl (C=O) groups excluding carboxylic acids is 1. The van der Waals surface area contributed by atoms with Gasteiger partial charge in [0.15, 0.2) is 5.69 Å². The van der Waals surface area contributed by atoms with Crippen molar-refractivity contribution in [1.29, 1.82) is 0 Å². The van der Waals surface area contributed by atoms with E-state index in [4.69, 9.17) is 17.3 Å². The maximum absolute atomic E-state index is 12.4. The molecule has 0 saturated heterocycles. The standard InChI is InChI=1S/C13H16ClN5O/c1-2-19(11-5-3-4-10(14)8-11)13(20)12-9-18(7-6-15)17-16-12/h3-5,8-9H,2,6-7,15H2,1H3. The van der Waals surface area contributed by atoms with Gasteiger partial charge in [-0.05, 0) is 25.1 Å². The van der Waals surface area contributed by atoms with E-state index >= 15 is 0 Å². The van der Waals surface area contributed by atoms with Gasteiger partial charge in [0.1, 0.15) is 0 Å². The molecule has 1 amide bonds. The highest BCUT2D eigenvalue weighted by molar-refractivity contribution is 6.31. The first-order valence-corrected chi connectivity index (χ1v) is 6.71. The molecule has 0 aliphatic rings. The van der Waals surface area contributed by atoms with Crippen molar-refractivity contribution < 1.29 is 4.79 Å². The van der Waals surface area contributed by atoms with Crippen molar-refractivity contribution >= 4 is 23.2 Å². The number of halogens is 1. The molecule has 0 aliphatic carbocycles. The van der Waals surface area contributed by atoms with E-state index in [1.54, 1.807) is 34.0 Å². The number of hydrogen-bond acceptors (Lipinski definition) is 4. The molecule has 0 saturated carbocycles. The lowest BCUT2D eigenvalue weighted by molar-refractivity contribution is 0.0983. The van der Waals surface area contributed by atoms with Crippen LogP contribution in [0.5, 0.6) is 0 Å². The number of nitrogens with two attached hydrogens (primary N) is 1. The monoisotopic (exact) mass is 293 g/mol. The van der Waals surface area contributed by atoms with Gasteiger partial charge in [-0.1, -0.05) is 22.9 Å². The number of anilines is 1. The van der Waals surface area contributed by atoms with Gasteiger partial charge in [-0.25, -0.2) is 0 Å². The highest BCUT2D eigenvalue weighted by Gasteiger charge is 2.19. The first-order chi connectivity index (χ1) is 9.65. The number of amides is 1. The Morgan fingerprint density at radius 1 is 1.50 bits per heavy atom. The van der Waals surface area contributed by atoms with E-state index in [9.17, 15) is 4.79 Å². The lowest BCUT2D eigenvalue weighted by atomic mass is 10.2. The molecule has 1 heterocycles. The predicted molar refractivity (Wildman–Crippen MR) is 77.9 cm³/mol. The third-order valence-electron chi connectivity index (χ3n) is 2.80. The summed E-state index contributed by atoms with van der Waals surface area (Å²) in [5.74, 6) is -0.210. The summed E-state index contributed by atoms with van der Waals surface area (Å²) in [6.07, 6.45) is 1.60. The second-order valence-corrected chi connectivity index (χ2v) is 4.62. The van der Waals surface area contributed by atoms with Gasteiger partial charge in [0.05, 0.1) is 12.7 Å². The van der Waals surface area contributed by atoms with E-state index in [1.807, 2.05) is 13.0 Å². The van der Waals surface area contributed by atoms with Crippen LogP contribution < -0.4 is 10.6 Å². The normalized spacial score (nSPS) is 10.6. The molecule has 1 aromatic carbocycles. The number of hydrogen-bond donors (Lipinski definition) is 1. The van der Waals surface area contributed by atoms with Gasteiger partial charge in [-0.2, -0.15) is 0 Å². The summed E-state index contributed by atoms with van der Waals surface area (Å²) < 4.78 is 1.55. The first kappa shape index (κ1) is 14.5. The topological polar surface area (TPSA) is 77.0 Å². The molecule has 0 unspecified atom stereocenters. The lowest BCUT2D eigenvalue weighted by Crippen LogP contribution is -2.30. The molecule has 106 valence electrons. The Bertz CT molecular complexity index is 598. The quantitative estimate of drug-likeness (QED) is 0.907. The zero-order chi connectivity index (χ0) is 14.5. The summed E-state index contributed by atoms with van der Waals surface area (Å²) in [5, 5.41) is 8.34. The molecule has 0 atom stereocenters. The summed E-state index contributed by atoms with van der Waals surface area (Å²) in [4.78, 5) is 14.0. The van der Waals surface area contributed by atoms with E-state index in [-0.39, 0.29) is 5.91 Å². The zero-order valence-corrected chi connectivity index (χ0v) is 11.9. The minimum absolute atomic E-state index is 0.210. The number of carbonyl (C=O) groups is 1. The maximum atomic E-state index is 12.4. The summed E-state index contributed by atoms with van der Waals surface area (Å²) in [5.41, 5.74) is 6.47. The highest BCUT2D eigenvalue weighted by Crippen LogP contribution is 2.20. The predicted octanol–water partition coefficient (Wildman–Crippen LogP) is 1.56. The lowest BCUT2D eigenvalue weighted by Gasteiger charge is -2.19. The van der Waals surface area contributed by atoms with Crippen LogP contribution in [0, 0.1) is 0 Å². The van der Waals surface area contributed by atoms with Gasteiger partial charge in [0.2, 0.25) is 0 Å². The Balaban J connectivity index is 2.24. The first-order valence-electron chi connectivity index (χ1n) is 6.33. The fraction of sp³-hybridized carbons (Fsp3) is 0.308. The number of benzene rings is 1. The Morgan fingerprint density at radius 3 is 2.95 bits per heavy atom. The summed E-state index contributed by atoms with van der Waals surface area (Å²) in [6.45, 7) is 3.39. The largest absolute Gasteiger partial charge is 0.329 e. The zero-order valence-electron chi connectivity index (χ0n) is 11.2. The van der Waals surface area contributed by atoms with E-state index in [0.29, 0.717) is 30.4 Å². The Kier molecular flexibility index (Phi) is 4.70. The van der Waals surface area contributed by atoms with Crippen molar-refractivity contribution in [1.82, 2.24) is 15.0 Å². The van der Waals surface area contributed by atoms with Crippen LogP contribution in [-0.4, -0.2) is 34.0 Å². The minimum atomic E-state index is -0.210. The number of nitrogens with zero attached hydrogens (tertiary/aromatic N) is 4. The number of rotatable bonds is 5. The summed E-state index contributed by atoms with van der Waals surface area (Å²) >= 11 is 5.96. The van der Waals surface area contributed by atoms with Crippen LogP contribution in [0.2, 0.25) is 5.02 Å². The molecule has 0 fully saturated rings. The summed E-state index contributed by atoms with van der Waals surface area (Å²) in [7, 11) is 0. The van der Waals surface area contributed by atoms with Crippen molar-refractivity contribution in [3.8, 4) is 0 Å². The van der Waals surface area contributed by atoms with Crippen LogP contribution in [0.25, 0.3) is 0 Å². The summed E-state index contributed by atoms with van der Waals surface area (Å²) in [6, 6.07) is 7.14. The molecule has 0 spiro atoms. The van der Waals surface area contributed by atoms with Crippen LogP contribution in [0.15, 0.2) is 30.5 Å². The molecule has 2 N–H and O–H groups in total. The van der Waals surface area contributed by atoms with Crippen LogP contribution in [0.3, 0.4) is 0 Å². The second kappa shape index (κ2) is 6.49. The molecule has 6 nitrogen and oxygen atoms in total.